The Kier molecular flexibility index (Phi) is 5.56. The monoisotopic (exact) mass is 372 g/mol. The largest absolute Gasteiger partial charge is 0.359 e. The van der Waals surface area contributed by atoms with E-state index < -0.39 is 0 Å². The number of nitrogens with one attached hydrogen (secondary N) is 3. The number of rotatable bonds is 7. The quantitative estimate of drug-likeness (QED) is 0.690. The number of hydrogen-bond acceptors (Lipinski definition) is 5. The van der Waals surface area contributed by atoms with Crippen molar-refractivity contribution >= 4 is 34.0 Å². The lowest BCUT2D eigenvalue weighted by molar-refractivity contribution is 0.0949. The van der Waals surface area contributed by atoms with Crippen LogP contribution in [0.3, 0.4) is 0 Å². The number of aromatic nitrogens is 1. The third-order valence-corrected chi connectivity index (χ3v) is 5.30. The van der Waals surface area contributed by atoms with Crippen molar-refractivity contribution in [3.63, 3.8) is 0 Å². The minimum atomic E-state index is -0.220. The predicted molar refractivity (Wildman–Crippen MR) is 105 cm³/mol. The Morgan fingerprint density at radius 2 is 2.08 bits per heavy atom. The second-order valence-electron chi connectivity index (χ2n) is 6.71. The molecule has 0 radical (unpaired) electrons. The van der Waals surface area contributed by atoms with E-state index in [1.807, 2.05) is 13.0 Å². The molecule has 3 N–H and O–H groups in total. The maximum absolute atomic E-state index is 12.5. The van der Waals surface area contributed by atoms with E-state index in [-0.39, 0.29) is 11.8 Å². The summed E-state index contributed by atoms with van der Waals surface area (Å²) in [6.07, 6.45) is 4.64. The number of carbonyl (C=O) groups is 2. The van der Waals surface area contributed by atoms with Gasteiger partial charge in [-0.2, -0.15) is 0 Å². The highest BCUT2D eigenvalue weighted by molar-refractivity contribution is 7.17. The molecule has 2 aromatic rings. The van der Waals surface area contributed by atoms with Crippen LogP contribution in [0.1, 0.15) is 58.7 Å². The lowest BCUT2D eigenvalue weighted by Crippen LogP contribution is -2.25. The Morgan fingerprint density at radius 1 is 1.31 bits per heavy atom. The highest BCUT2D eigenvalue weighted by Crippen LogP contribution is 2.24. The molecule has 26 heavy (non-hydrogen) atoms. The van der Waals surface area contributed by atoms with Crippen LogP contribution in [0.2, 0.25) is 0 Å². The summed E-state index contributed by atoms with van der Waals surface area (Å²) in [6, 6.07) is 5.96. The van der Waals surface area contributed by atoms with Crippen LogP contribution in [0.5, 0.6) is 0 Å². The molecule has 1 aromatic heterocycles. The lowest BCUT2D eigenvalue weighted by atomic mass is 10.1. The van der Waals surface area contributed by atoms with Crippen LogP contribution in [-0.2, 0) is 0 Å². The summed E-state index contributed by atoms with van der Waals surface area (Å²) in [4.78, 5) is 29.5. The molecule has 7 heteroatoms. The van der Waals surface area contributed by atoms with Crippen LogP contribution in [0.25, 0.3) is 0 Å². The van der Waals surface area contributed by atoms with Gasteiger partial charge in [0.25, 0.3) is 11.8 Å². The van der Waals surface area contributed by atoms with Crippen molar-refractivity contribution in [2.24, 2.45) is 0 Å². The maximum atomic E-state index is 12.5. The molecular weight excluding hydrogens is 348 g/mol. The van der Waals surface area contributed by atoms with Gasteiger partial charge in [-0.3, -0.25) is 9.59 Å². The Morgan fingerprint density at radius 3 is 2.77 bits per heavy atom. The normalized spacial score (nSPS) is 14.6. The average molecular weight is 372 g/mol. The van der Waals surface area contributed by atoms with Crippen LogP contribution in [0.15, 0.2) is 24.4 Å². The topological polar surface area (TPSA) is 83.1 Å². The van der Waals surface area contributed by atoms with Gasteiger partial charge in [0.2, 0.25) is 0 Å². The summed E-state index contributed by atoms with van der Waals surface area (Å²) in [5, 5.41) is 9.86. The van der Waals surface area contributed by atoms with Crippen molar-refractivity contribution in [3.05, 3.63) is 40.4 Å². The van der Waals surface area contributed by atoms with Gasteiger partial charge in [0.05, 0.1) is 6.20 Å². The van der Waals surface area contributed by atoms with Crippen LogP contribution in [-0.4, -0.2) is 28.9 Å². The molecule has 1 aliphatic carbocycles. The Bertz CT molecular complexity index is 814. The van der Waals surface area contributed by atoms with Crippen molar-refractivity contribution in [1.82, 2.24) is 10.3 Å². The summed E-state index contributed by atoms with van der Waals surface area (Å²) >= 11 is 1.32. The predicted octanol–water partition coefficient (Wildman–Crippen LogP) is 3.81. The molecule has 1 saturated carbocycles. The van der Waals surface area contributed by atoms with Gasteiger partial charge in [-0.25, -0.2) is 4.98 Å². The highest BCUT2D eigenvalue weighted by atomic mass is 32.1. The first-order chi connectivity index (χ1) is 12.5. The summed E-state index contributed by atoms with van der Waals surface area (Å²) in [5.41, 5.74) is 2.10. The van der Waals surface area contributed by atoms with E-state index in [1.54, 1.807) is 18.3 Å². The average Bonchev–Trinajstić information content (AvgIpc) is 3.31. The molecule has 1 atom stereocenters. The minimum Gasteiger partial charge on any atom is -0.359 e. The first-order valence-corrected chi connectivity index (χ1v) is 9.73. The van der Waals surface area contributed by atoms with Gasteiger partial charge in [-0.15, -0.1) is 0 Å². The summed E-state index contributed by atoms with van der Waals surface area (Å²) in [5.74, 6) is -0.316. The molecule has 0 aliphatic heterocycles. The van der Waals surface area contributed by atoms with Gasteiger partial charge < -0.3 is 16.0 Å². The van der Waals surface area contributed by atoms with Crippen molar-refractivity contribution in [2.75, 3.05) is 10.6 Å². The van der Waals surface area contributed by atoms with Crippen molar-refractivity contribution in [2.45, 2.75) is 52.1 Å². The molecule has 0 unspecified atom stereocenters. The molecular formula is C19H24N4O2S. The van der Waals surface area contributed by atoms with Crippen molar-refractivity contribution in [3.8, 4) is 0 Å². The second kappa shape index (κ2) is 7.86. The molecule has 0 saturated heterocycles. The zero-order chi connectivity index (χ0) is 18.7. The van der Waals surface area contributed by atoms with Gasteiger partial charge in [0, 0.05) is 23.3 Å². The minimum absolute atomic E-state index is 0.0965. The summed E-state index contributed by atoms with van der Waals surface area (Å²) < 4.78 is 0. The molecule has 3 rings (SSSR count). The van der Waals surface area contributed by atoms with Gasteiger partial charge in [0.15, 0.2) is 5.13 Å². The third kappa shape index (κ3) is 4.60. The Labute approximate surface area is 157 Å². The van der Waals surface area contributed by atoms with Gasteiger partial charge in [-0.1, -0.05) is 24.3 Å². The first-order valence-electron chi connectivity index (χ1n) is 8.91. The molecule has 1 fully saturated rings. The number of thiazole rings is 1. The van der Waals surface area contributed by atoms with Gasteiger partial charge in [-0.05, 0) is 50.8 Å². The molecule has 0 bridgehead atoms. The fraction of sp³-hybridized carbons (Fsp3) is 0.421. The fourth-order valence-corrected chi connectivity index (χ4v) is 3.16. The van der Waals surface area contributed by atoms with Gasteiger partial charge >= 0.3 is 0 Å². The van der Waals surface area contributed by atoms with E-state index in [0.717, 1.165) is 30.0 Å². The Balaban J connectivity index is 1.69. The van der Waals surface area contributed by atoms with Gasteiger partial charge in [0.1, 0.15) is 4.88 Å². The summed E-state index contributed by atoms with van der Waals surface area (Å²) in [7, 11) is 0. The van der Waals surface area contributed by atoms with E-state index in [9.17, 15) is 9.59 Å². The van der Waals surface area contributed by atoms with E-state index in [2.05, 4.69) is 34.8 Å². The SMILES string of the molecule is CC[C@H](C)Nc1ncc(C(=O)Nc2cc(C(=O)NC3CC3)ccc2C)s1. The highest BCUT2D eigenvalue weighted by Gasteiger charge is 2.24. The van der Waals surface area contributed by atoms with E-state index in [4.69, 9.17) is 0 Å². The molecule has 1 aliphatic rings. The van der Waals surface area contributed by atoms with Crippen LogP contribution >= 0.6 is 11.3 Å². The maximum Gasteiger partial charge on any atom is 0.267 e. The third-order valence-electron chi connectivity index (χ3n) is 4.37. The molecule has 1 heterocycles. The molecule has 1 aromatic carbocycles. The number of carbonyl (C=O) groups excluding carboxylic acids is 2. The number of nitrogens with zero attached hydrogens (tertiary/aromatic N) is 1. The molecule has 138 valence electrons. The van der Waals surface area contributed by atoms with Crippen LogP contribution in [0, 0.1) is 6.92 Å². The molecule has 2 amide bonds. The number of benzene rings is 1. The zero-order valence-corrected chi connectivity index (χ0v) is 16.1. The summed E-state index contributed by atoms with van der Waals surface area (Å²) in [6.45, 7) is 6.07. The van der Waals surface area contributed by atoms with Crippen molar-refractivity contribution in [1.29, 1.82) is 0 Å². The van der Waals surface area contributed by atoms with E-state index in [1.165, 1.54) is 11.3 Å². The molecule has 6 nitrogen and oxygen atoms in total. The number of anilines is 2. The number of amides is 2. The van der Waals surface area contributed by atoms with Crippen molar-refractivity contribution < 1.29 is 9.59 Å². The fourth-order valence-electron chi connectivity index (χ4n) is 2.34. The van der Waals surface area contributed by atoms with Crippen LogP contribution in [0.4, 0.5) is 10.8 Å². The standard InChI is InChI=1S/C19H24N4O2S/c1-4-12(3)21-19-20-10-16(26-19)18(25)23-15-9-13(6-5-11(15)2)17(24)22-14-7-8-14/h5-6,9-10,12,14H,4,7-8H2,1-3H3,(H,20,21)(H,22,24)(H,23,25)/t12-/m0/s1. The first kappa shape index (κ1) is 18.4. The smallest absolute Gasteiger partial charge is 0.267 e. The number of aryl methyl sites for hydroxylation is 1. The van der Waals surface area contributed by atoms with Crippen LogP contribution < -0.4 is 16.0 Å². The zero-order valence-electron chi connectivity index (χ0n) is 15.3. The number of hydrogen-bond donors (Lipinski definition) is 3. The second-order valence-corrected chi connectivity index (χ2v) is 7.75. The molecule has 0 spiro atoms. The van der Waals surface area contributed by atoms with E-state index in [0.29, 0.717) is 28.2 Å². The lowest BCUT2D eigenvalue weighted by Gasteiger charge is -2.10. The Hall–Kier alpha value is -2.41. The van der Waals surface area contributed by atoms with E-state index >= 15 is 0 Å².